The molecule has 0 heterocycles. The van der Waals surface area contributed by atoms with E-state index >= 15 is 0 Å². The van der Waals surface area contributed by atoms with Crippen LogP contribution in [0.15, 0.2) is 48.5 Å². The van der Waals surface area contributed by atoms with Crippen LogP contribution in [0.2, 0.25) is 0 Å². The molecule has 0 aliphatic heterocycles. The first-order valence-corrected chi connectivity index (χ1v) is 12.7. The van der Waals surface area contributed by atoms with Crippen molar-refractivity contribution in [3.05, 3.63) is 79.9 Å². The summed E-state index contributed by atoms with van der Waals surface area (Å²) in [6.45, 7) is 0. The van der Waals surface area contributed by atoms with Crippen molar-refractivity contribution in [1.82, 2.24) is 0 Å². The zero-order chi connectivity index (χ0) is 25.1. The van der Waals surface area contributed by atoms with Crippen molar-refractivity contribution in [1.29, 1.82) is 0 Å². The lowest BCUT2D eigenvalue weighted by Gasteiger charge is -2.41. The maximum absolute atomic E-state index is 13.6. The average Bonchev–Trinajstić information content (AvgIpc) is 3.66. The predicted molar refractivity (Wildman–Crippen MR) is 128 cm³/mol. The van der Waals surface area contributed by atoms with Gasteiger partial charge in [-0.2, -0.15) is 0 Å². The molecule has 4 bridgehead atoms. The summed E-state index contributed by atoms with van der Waals surface area (Å²) in [6.07, 6.45) is 6.61. The second-order valence-corrected chi connectivity index (χ2v) is 11.0. The molecule has 6 rings (SSSR count). The number of benzene rings is 2. The highest BCUT2D eigenvalue weighted by molar-refractivity contribution is 5.63. The standard InChI is InChI=1S/C27H28N2O7/c30-25(35-26(15-17-1-3-21(26)13-17)19-5-9-23(10-6-19)28(31)32)36-27(16-18-2-4-22(27)14-18)20-7-11-24(12-8-20)29(33)34/h5-12,17-18,21-22H,1-4,13-16H2. The van der Waals surface area contributed by atoms with Crippen LogP contribution in [0.5, 0.6) is 0 Å². The maximum atomic E-state index is 13.6. The minimum Gasteiger partial charge on any atom is -0.422 e. The average molecular weight is 493 g/mol. The number of non-ortho nitro benzene ring substituents is 2. The van der Waals surface area contributed by atoms with E-state index in [9.17, 15) is 25.0 Å². The number of fused-ring (bicyclic) bond motifs is 4. The van der Waals surface area contributed by atoms with Crippen LogP contribution in [0, 0.1) is 43.9 Å². The van der Waals surface area contributed by atoms with Gasteiger partial charge in [0.2, 0.25) is 0 Å². The van der Waals surface area contributed by atoms with Gasteiger partial charge in [-0.3, -0.25) is 20.2 Å². The van der Waals surface area contributed by atoms with Crippen molar-refractivity contribution in [2.45, 2.75) is 62.6 Å². The van der Waals surface area contributed by atoms with Crippen molar-refractivity contribution in [2.75, 3.05) is 0 Å². The highest BCUT2D eigenvalue weighted by Crippen LogP contribution is 2.60. The monoisotopic (exact) mass is 492 g/mol. The molecular weight excluding hydrogens is 464 g/mol. The van der Waals surface area contributed by atoms with Gasteiger partial charge in [0, 0.05) is 36.1 Å². The zero-order valence-electron chi connectivity index (χ0n) is 19.8. The molecular formula is C27H28N2O7. The van der Waals surface area contributed by atoms with Gasteiger partial charge in [0.15, 0.2) is 0 Å². The van der Waals surface area contributed by atoms with E-state index in [1.165, 1.54) is 24.3 Å². The number of ether oxygens (including phenoxy) is 2. The number of hydrogen-bond acceptors (Lipinski definition) is 7. The Hall–Kier alpha value is -3.49. The first kappa shape index (κ1) is 22.9. The number of nitrogens with zero attached hydrogens (tertiary/aromatic N) is 2. The van der Waals surface area contributed by atoms with Crippen LogP contribution in [0.4, 0.5) is 16.2 Å². The molecule has 4 aliphatic carbocycles. The summed E-state index contributed by atoms with van der Waals surface area (Å²) in [5.41, 5.74) is -0.172. The van der Waals surface area contributed by atoms with Crippen molar-refractivity contribution < 1.29 is 24.1 Å². The van der Waals surface area contributed by atoms with Crippen molar-refractivity contribution >= 4 is 17.5 Å². The number of hydrogen-bond donors (Lipinski definition) is 0. The first-order valence-electron chi connectivity index (χ1n) is 12.7. The third kappa shape index (κ3) is 3.55. The van der Waals surface area contributed by atoms with Crippen LogP contribution in [0.3, 0.4) is 0 Å². The van der Waals surface area contributed by atoms with Gasteiger partial charge in [0.25, 0.3) is 11.4 Å². The van der Waals surface area contributed by atoms with E-state index in [0.29, 0.717) is 24.7 Å². The molecule has 0 radical (unpaired) electrons. The molecule has 4 saturated carbocycles. The minimum absolute atomic E-state index is 0.00117. The van der Waals surface area contributed by atoms with Gasteiger partial charge in [-0.25, -0.2) is 4.79 Å². The van der Waals surface area contributed by atoms with Crippen LogP contribution in [0.25, 0.3) is 0 Å². The molecule has 2 aromatic carbocycles. The van der Waals surface area contributed by atoms with E-state index in [2.05, 4.69) is 0 Å². The lowest BCUT2D eigenvalue weighted by molar-refractivity contribution is -0.385. The van der Waals surface area contributed by atoms with E-state index in [0.717, 1.165) is 49.7 Å². The second kappa shape index (κ2) is 8.28. The van der Waals surface area contributed by atoms with Gasteiger partial charge in [-0.05, 0) is 98.6 Å². The quantitative estimate of drug-likeness (QED) is 0.260. The Morgan fingerprint density at radius 1 is 0.694 bits per heavy atom. The van der Waals surface area contributed by atoms with Crippen LogP contribution in [0.1, 0.15) is 62.5 Å². The van der Waals surface area contributed by atoms with Gasteiger partial charge in [-0.15, -0.1) is 0 Å². The molecule has 4 aliphatic rings. The molecule has 9 heteroatoms. The molecule has 2 aromatic rings. The molecule has 0 amide bonds. The number of carbonyl (C=O) groups excluding carboxylic acids is 1. The fourth-order valence-electron chi connectivity index (χ4n) is 7.68. The predicted octanol–water partition coefficient (Wildman–Crippen LogP) is 6.39. The SMILES string of the molecule is O=C(OC1(c2ccc([N+](=O)[O-])cc2)CC2CCC1C2)OC1(c2ccc([N+](=O)[O-])cc2)CC2CCC1C2. The molecule has 0 saturated heterocycles. The van der Waals surface area contributed by atoms with Gasteiger partial charge in [0.1, 0.15) is 11.2 Å². The summed E-state index contributed by atoms with van der Waals surface area (Å²) >= 11 is 0. The number of rotatable bonds is 6. The van der Waals surface area contributed by atoms with E-state index in [-0.39, 0.29) is 23.2 Å². The fraction of sp³-hybridized carbons (Fsp3) is 0.519. The molecule has 0 spiro atoms. The zero-order valence-corrected chi connectivity index (χ0v) is 19.8. The van der Waals surface area contributed by atoms with Crippen LogP contribution < -0.4 is 0 Å². The summed E-state index contributed by atoms with van der Waals surface area (Å²) in [7, 11) is 0. The van der Waals surface area contributed by atoms with E-state index < -0.39 is 27.2 Å². The van der Waals surface area contributed by atoms with E-state index in [4.69, 9.17) is 9.47 Å². The Morgan fingerprint density at radius 3 is 1.36 bits per heavy atom. The normalized spacial score (nSPS) is 34.0. The third-order valence-electron chi connectivity index (χ3n) is 9.25. The highest BCUT2D eigenvalue weighted by atomic mass is 16.7. The minimum atomic E-state index is -0.858. The van der Waals surface area contributed by atoms with Gasteiger partial charge >= 0.3 is 6.16 Å². The Bertz CT molecular complexity index is 1120. The van der Waals surface area contributed by atoms with Gasteiger partial charge in [0.05, 0.1) is 9.85 Å². The van der Waals surface area contributed by atoms with Gasteiger partial charge in [-0.1, -0.05) is 0 Å². The molecule has 4 fully saturated rings. The molecule has 0 N–H and O–H groups in total. The van der Waals surface area contributed by atoms with Gasteiger partial charge < -0.3 is 9.47 Å². The first-order chi connectivity index (χ1) is 17.3. The maximum Gasteiger partial charge on any atom is 0.510 e. The number of carbonyl (C=O) groups is 1. The fourth-order valence-corrected chi connectivity index (χ4v) is 7.68. The topological polar surface area (TPSA) is 122 Å². The number of nitro groups is 2. The van der Waals surface area contributed by atoms with Crippen LogP contribution in [-0.4, -0.2) is 16.0 Å². The lowest BCUT2D eigenvalue weighted by atomic mass is 9.78. The smallest absolute Gasteiger partial charge is 0.422 e. The summed E-state index contributed by atoms with van der Waals surface area (Å²) in [4.78, 5) is 35.0. The van der Waals surface area contributed by atoms with E-state index in [1.54, 1.807) is 24.3 Å². The third-order valence-corrected chi connectivity index (χ3v) is 9.25. The lowest BCUT2D eigenvalue weighted by Crippen LogP contribution is -2.42. The van der Waals surface area contributed by atoms with E-state index in [1.807, 2.05) is 0 Å². The Balaban J connectivity index is 1.30. The van der Waals surface area contributed by atoms with Crippen molar-refractivity contribution in [3.8, 4) is 0 Å². The Labute approximate surface area is 208 Å². The number of nitro benzene ring substituents is 2. The van der Waals surface area contributed by atoms with Crippen molar-refractivity contribution in [3.63, 3.8) is 0 Å². The molecule has 188 valence electrons. The summed E-state index contributed by atoms with van der Waals surface area (Å²) in [6, 6.07) is 12.7. The molecule has 0 aromatic heterocycles. The second-order valence-electron chi connectivity index (χ2n) is 11.0. The van der Waals surface area contributed by atoms with Crippen molar-refractivity contribution in [2.24, 2.45) is 23.7 Å². The Morgan fingerprint density at radius 2 is 1.08 bits per heavy atom. The largest absolute Gasteiger partial charge is 0.510 e. The molecule has 36 heavy (non-hydrogen) atoms. The molecule has 6 unspecified atom stereocenters. The van der Waals surface area contributed by atoms with Crippen LogP contribution >= 0.6 is 0 Å². The highest BCUT2D eigenvalue weighted by Gasteiger charge is 2.58. The van der Waals surface area contributed by atoms with Crippen LogP contribution in [-0.2, 0) is 20.7 Å². The summed E-state index contributed by atoms with van der Waals surface area (Å²) in [5.74, 6) is 1.19. The Kier molecular flexibility index (Phi) is 5.28. The summed E-state index contributed by atoms with van der Waals surface area (Å²) < 4.78 is 12.5. The summed E-state index contributed by atoms with van der Waals surface area (Å²) in [5, 5.41) is 22.3. The molecule has 6 atom stereocenters. The molecule has 9 nitrogen and oxygen atoms in total.